The Bertz CT molecular complexity index is 881. The SMILES string of the molecule is COc1ccccc1NC(=O)[C@@H](C)Sc1nc2ccc(Cl)cc2o1. The fourth-order valence-electron chi connectivity index (χ4n) is 2.11. The fraction of sp³-hybridized carbons (Fsp3) is 0.176. The van der Waals surface area contributed by atoms with Crippen LogP contribution in [0, 0.1) is 0 Å². The average Bonchev–Trinajstić information content (AvgIpc) is 2.96. The molecule has 1 aromatic heterocycles. The number of nitrogens with one attached hydrogen (secondary N) is 1. The second-order valence-electron chi connectivity index (χ2n) is 5.04. The fourth-order valence-corrected chi connectivity index (χ4v) is 3.03. The highest BCUT2D eigenvalue weighted by Crippen LogP contribution is 2.30. The molecule has 0 radical (unpaired) electrons. The normalized spacial score (nSPS) is 12.1. The van der Waals surface area contributed by atoms with Crippen LogP contribution in [-0.4, -0.2) is 23.3 Å². The Kier molecular flexibility index (Phi) is 4.97. The minimum atomic E-state index is -0.390. The van der Waals surface area contributed by atoms with Gasteiger partial charge in [-0.05, 0) is 31.2 Å². The number of hydrogen-bond acceptors (Lipinski definition) is 5. The van der Waals surface area contributed by atoms with E-state index in [4.69, 9.17) is 20.8 Å². The summed E-state index contributed by atoms with van der Waals surface area (Å²) >= 11 is 7.17. The quantitative estimate of drug-likeness (QED) is 0.671. The summed E-state index contributed by atoms with van der Waals surface area (Å²) in [6.45, 7) is 1.79. The summed E-state index contributed by atoms with van der Waals surface area (Å²) in [6, 6.07) is 12.5. The van der Waals surface area contributed by atoms with Gasteiger partial charge in [0.1, 0.15) is 11.3 Å². The van der Waals surface area contributed by atoms with Gasteiger partial charge in [-0.15, -0.1) is 0 Å². The second-order valence-corrected chi connectivity index (χ2v) is 6.77. The van der Waals surface area contributed by atoms with Gasteiger partial charge in [0.2, 0.25) is 5.91 Å². The summed E-state index contributed by atoms with van der Waals surface area (Å²) in [7, 11) is 1.56. The predicted molar refractivity (Wildman–Crippen MR) is 96.0 cm³/mol. The largest absolute Gasteiger partial charge is 0.495 e. The van der Waals surface area contributed by atoms with Crippen molar-refractivity contribution in [3.8, 4) is 5.75 Å². The first kappa shape index (κ1) is 16.7. The molecule has 1 atom stereocenters. The number of hydrogen-bond donors (Lipinski definition) is 1. The van der Waals surface area contributed by atoms with Gasteiger partial charge in [-0.1, -0.05) is 35.5 Å². The Morgan fingerprint density at radius 2 is 2.12 bits per heavy atom. The minimum absolute atomic E-state index is 0.162. The van der Waals surface area contributed by atoms with Crippen LogP contribution in [0.5, 0.6) is 5.75 Å². The van der Waals surface area contributed by atoms with Gasteiger partial charge >= 0.3 is 0 Å². The lowest BCUT2D eigenvalue weighted by molar-refractivity contribution is -0.115. The van der Waals surface area contributed by atoms with Crippen LogP contribution in [0.25, 0.3) is 11.1 Å². The molecule has 1 heterocycles. The number of carbonyl (C=O) groups is 1. The molecule has 0 aliphatic carbocycles. The zero-order valence-corrected chi connectivity index (χ0v) is 14.6. The Hall–Kier alpha value is -2.18. The molecule has 0 aliphatic heterocycles. The maximum atomic E-state index is 12.4. The van der Waals surface area contributed by atoms with E-state index in [1.807, 2.05) is 12.1 Å². The van der Waals surface area contributed by atoms with Crippen LogP contribution in [0.2, 0.25) is 5.02 Å². The zero-order valence-electron chi connectivity index (χ0n) is 13.1. The van der Waals surface area contributed by atoms with Crippen LogP contribution in [0.1, 0.15) is 6.92 Å². The van der Waals surface area contributed by atoms with Crippen molar-refractivity contribution in [2.45, 2.75) is 17.4 Å². The maximum Gasteiger partial charge on any atom is 0.257 e. The van der Waals surface area contributed by atoms with Gasteiger partial charge in [-0.25, -0.2) is 4.98 Å². The highest BCUT2D eigenvalue weighted by atomic mass is 35.5. The van der Waals surface area contributed by atoms with Gasteiger partial charge in [0.25, 0.3) is 5.22 Å². The van der Waals surface area contributed by atoms with Crippen molar-refractivity contribution in [1.82, 2.24) is 4.98 Å². The van der Waals surface area contributed by atoms with E-state index in [9.17, 15) is 4.79 Å². The van der Waals surface area contributed by atoms with E-state index in [1.54, 1.807) is 44.4 Å². The Morgan fingerprint density at radius 3 is 2.92 bits per heavy atom. The standard InChI is InChI=1S/C17H15ClN2O3S/c1-10(16(21)19-12-5-3-4-6-14(12)22-2)24-17-20-13-8-7-11(18)9-15(13)23-17/h3-10H,1-2H3,(H,19,21)/t10-/m1/s1. The summed E-state index contributed by atoms with van der Waals surface area (Å²) in [5.41, 5.74) is 1.93. The number of thioether (sulfide) groups is 1. The number of oxazole rings is 1. The van der Waals surface area contributed by atoms with Crippen molar-refractivity contribution in [2.75, 3.05) is 12.4 Å². The van der Waals surface area contributed by atoms with Crippen LogP contribution >= 0.6 is 23.4 Å². The van der Waals surface area contributed by atoms with Gasteiger partial charge in [0.15, 0.2) is 5.58 Å². The third-order valence-corrected chi connectivity index (χ3v) is 4.52. The minimum Gasteiger partial charge on any atom is -0.495 e. The lowest BCUT2D eigenvalue weighted by atomic mass is 10.3. The van der Waals surface area contributed by atoms with E-state index in [-0.39, 0.29) is 5.91 Å². The first-order valence-electron chi connectivity index (χ1n) is 7.23. The third kappa shape index (κ3) is 3.66. The van der Waals surface area contributed by atoms with E-state index in [2.05, 4.69) is 10.3 Å². The van der Waals surface area contributed by atoms with Crippen LogP contribution in [0.4, 0.5) is 5.69 Å². The van der Waals surface area contributed by atoms with Crippen molar-refractivity contribution >= 4 is 46.1 Å². The molecule has 3 rings (SSSR count). The molecule has 0 spiro atoms. The number of benzene rings is 2. The number of para-hydroxylation sites is 2. The van der Waals surface area contributed by atoms with Crippen molar-refractivity contribution < 1.29 is 13.9 Å². The summed E-state index contributed by atoms with van der Waals surface area (Å²) in [4.78, 5) is 16.7. The molecule has 0 saturated carbocycles. The lowest BCUT2D eigenvalue weighted by Gasteiger charge is -2.12. The van der Waals surface area contributed by atoms with Crippen LogP contribution in [-0.2, 0) is 4.79 Å². The smallest absolute Gasteiger partial charge is 0.257 e. The Morgan fingerprint density at radius 1 is 1.33 bits per heavy atom. The molecular formula is C17H15ClN2O3S. The molecule has 24 heavy (non-hydrogen) atoms. The molecule has 1 N–H and O–H groups in total. The topological polar surface area (TPSA) is 64.4 Å². The van der Waals surface area contributed by atoms with Gasteiger partial charge in [0, 0.05) is 11.1 Å². The molecule has 7 heteroatoms. The monoisotopic (exact) mass is 362 g/mol. The summed E-state index contributed by atoms with van der Waals surface area (Å²) < 4.78 is 10.9. The number of halogens is 1. The number of aromatic nitrogens is 1. The van der Waals surface area contributed by atoms with E-state index < -0.39 is 5.25 Å². The number of amides is 1. The molecule has 0 saturated heterocycles. The number of nitrogens with zero attached hydrogens (tertiary/aromatic N) is 1. The van der Waals surface area contributed by atoms with Crippen molar-refractivity contribution in [1.29, 1.82) is 0 Å². The molecule has 3 aromatic rings. The second kappa shape index (κ2) is 7.15. The van der Waals surface area contributed by atoms with Gasteiger partial charge < -0.3 is 14.5 Å². The van der Waals surface area contributed by atoms with E-state index in [1.165, 1.54) is 11.8 Å². The molecule has 5 nitrogen and oxygen atoms in total. The molecule has 0 fully saturated rings. The number of anilines is 1. The maximum absolute atomic E-state index is 12.4. The zero-order chi connectivity index (χ0) is 17.1. The molecule has 0 unspecified atom stereocenters. The van der Waals surface area contributed by atoms with E-state index in [0.717, 1.165) is 0 Å². The van der Waals surface area contributed by atoms with E-state index in [0.29, 0.717) is 32.8 Å². The molecular weight excluding hydrogens is 348 g/mol. The molecule has 1 amide bonds. The third-order valence-electron chi connectivity index (χ3n) is 3.34. The number of methoxy groups -OCH3 is 1. The Labute approximate surface area is 148 Å². The molecule has 0 bridgehead atoms. The first-order chi connectivity index (χ1) is 11.6. The summed E-state index contributed by atoms with van der Waals surface area (Å²) in [6.07, 6.45) is 0. The summed E-state index contributed by atoms with van der Waals surface area (Å²) in [5, 5.41) is 3.47. The molecule has 0 aliphatic rings. The number of fused-ring (bicyclic) bond motifs is 1. The first-order valence-corrected chi connectivity index (χ1v) is 8.49. The lowest BCUT2D eigenvalue weighted by Crippen LogP contribution is -2.22. The average molecular weight is 363 g/mol. The van der Waals surface area contributed by atoms with Crippen LogP contribution in [0.15, 0.2) is 52.1 Å². The van der Waals surface area contributed by atoms with Gasteiger partial charge in [0.05, 0.1) is 18.0 Å². The number of rotatable bonds is 5. The van der Waals surface area contributed by atoms with Crippen molar-refractivity contribution in [3.05, 3.63) is 47.5 Å². The summed E-state index contributed by atoms with van der Waals surface area (Å²) in [5.74, 6) is 0.448. The number of carbonyl (C=O) groups excluding carboxylic acids is 1. The van der Waals surface area contributed by atoms with Gasteiger partial charge in [-0.2, -0.15) is 0 Å². The Balaban J connectivity index is 1.71. The highest BCUT2D eigenvalue weighted by molar-refractivity contribution is 8.00. The van der Waals surface area contributed by atoms with E-state index >= 15 is 0 Å². The van der Waals surface area contributed by atoms with Crippen molar-refractivity contribution in [2.24, 2.45) is 0 Å². The van der Waals surface area contributed by atoms with Crippen LogP contribution < -0.4 is 10.1 Å². The molecule has 124 valence electrons. The highest BCUT2D eigenvalue weighted by Gasteiger charge is 2.19. The van der Waals surface area contributed by atoms with Crippen LogP contribution in [0.3, 0.4) is 0 Å². The predicted octanol–water partition coefficient (Wildman–Crippen LogP) is 4.61. The number of ether oxygens (including phenoxy) is 1. The van der Waals surface area contributed by atoms with Gasteiger partial charge in [-0.3, -0.25) is 4.79 Å². The van der Waals surface area contributed by atoms with Crippen molar-refractivity contribution in [3.63, 3.8) is 0 Å². The molecule has 2 aromatic carbocycles.